The minimum Gasteiger partial charge on any atom is -0.495 e. The molecule has 100 valence electrons. The number of benzene rings is 1. The molecular formula is C14H21ClN2O. The van der Waals surface area contributed by atoms with Crippen molar-refractivity contribution in [1.29, 1.82) is 0 Å². The van der Waals surface area contributed by atoms with Crippen molar-refractivity contribution in [1.82, 2.24) is 5.32 Å². The van der Waals surface area contributed by atoms with Gasteiger partial charge in [-0.2, -0.15) is 0 Å². The van der Waals surface area contributed by atoms with Crippen LogP contribution in [0, 0.1) is 5.92 Å². The van der Waals surface area contributed by atoms with E-state index in [0.717, 1.165) is 29.5 Å². The lowest BCUT2D eigenvalue weighted by Crippen LogP contribution is -2.36. The minimum absolute atomic E-state index is 0.430. The first-order valence-corrected chi connectivity index (χ1v) is 6.89. The van der Waals surface area contributed by atoms with Crippen LogP contribution in [-0.2, 0) is 0 Å². The third kappa shape index (κ3) is 3.30. The van der Waals surface area contributed by atoms with Crippen LogP contribution in [0.15, 0.2) is 18.2 Å². The predicted molar refractivity (Wildman–Crippen MR) is 76.7 cm³/mol. The molecule has 1 aliphatic rings. The van der Waals surface area contributed by atoms with E-state index in [1.165, 1.54) is 12.8 Å². The molecule has 0 radical (unpaired) electrons. The Hall–Kier alpha value is -0.930. The molecule has 1 unspecified atom stereocenters. The van der Waals surface area contributed by atoms with Crippen LogP contribution in [0.5, 0.6) is 5.75 Å². The summed E-state index contributed by atoms with van der Waals surface area (Å²) in [5.41, 5.74) is 0.982. The highest BCUT2D eigenvalue weighted by Crippen LogP contribution is 2.30. The summed E-state index contributed by atoms with van der Waals surface area (Å²) in [7, 11) is 1.68. The van der Waals surface area contributed by atoms with Crippen LogP contribution >= 0.6 is 11.6 Å². The summed E-state index contributed by atoms with van der Waals surface area (Å²) in [5, 5.41) is 7.66. The van der Waals surface area contributed by atoms with Crippen molar-refractivity contribution in [2.45, 2.75) is 25.8 Å². The van der Waals surface area contributed by atoms with E-state index in [4.69, 9.17) is 16.3 Å². The maximum Gasteiger partial charge on any atom is 0.142 e. The number of anilines is 1. The number of rotatable bonds is 4. The van der Waals surface area contributed by atoms with Gasteiger partial charge < -0.3 is 15.4 Å². The van der Waals surface area contributed by atoms with Crippen LogP contribution in [0.3, 0.4) is 0 Å². The standard InChI is InChI=1S/C14H21ClN2O/c1-10(11-5-7-16-8-6-11)17-13-9-12(15)3-4-14(13)18-2/h3-4,9-11,16-17H,5-8H2,1-2H3. The van der Waals surface area contributed by atoms with E-state index in [1.807, 2.05) is 18.2 Å². The van der Waals surface area contributed by atoms with E-state index in [9.17, 15) is 0 Å². The van der Waals surface area contributed by atoms with Crippen molar-refractivity contribution in [3.8, 4) is 5.75 Å². The lowest BCUT2D eigenvalue weighted by Gasteiger charge is -2.30. The van der Waals surface area contributed by atoms with Crippen molar-refractivity contribution in [2.75, 3.05) is 25.5 Å². The Morgan fingerprint density at radius 1 is 1.39 bits per heavy atom. The minimum atomic E-state index is 0.430. The molecular weight excluding hydrogens is 248 g/mol. The van der Waals surface area contributed by atoms with Gasteiger partial charge in [0, 0.05) is 11.1 Å². The maximum absolute atomic E-state index is 6.04. The molecule has 0 spiro atoms. The molecule has 4 heteroatoms. The average molecular weight is 269 g/mol. The molecule has 0 amide bonds. The number of piperidine rings is 1. The van der Waals surface area contributed by atoms with Gasteiger partial charge >= 0.3 is 0 Å². The van der Waals surface area contributed by atoms with Gasteiger partial charge in [-0.15, -0.1) is 0 Å². The van der Waals surface area contributed by atoms with E-state index < -0.39 is 0 Å². The van der Waals surface area contributed by atoms with Gasteiger partial charge in [0.05, 0.1) is 12.8 Å². The molecule has 1 aromatic carbocycles. The molecule has 1 aromatic rings. The Morgan fingerprint density at radius 3 is 2.78 bits per heavy atom. The zero-order chi connectivity index (χ0) is 13.0. The molecule has 1 saturated heterocycles. The lowest BCUT2D eigenvalue weighted by molar-refractivity contribution is 0.342. The third-order valence-corrected chi connectivity index (χ3v) is 3.87. The van der Waals surface area contributed by atoms with Crippen LogP contribution in [0.2, 0.25) is 5.02 Å². The average Bonchev–Trinajstić information content (AvgIpc) is 2.40. The largest absolute Gasteiger partial charge is 0.495 e. The van der Waals surface area contributed by atoms with Crippen molar-refractivity contribution < 1.29 is 4.74 Å². The first-order chi connectivity index (χ1) is 8.70. The third-order valence-electron chi connectivity index (χ3n) is 3.64. The van der Waals surface area contributed by atoms with Gasteiger partial charge in [0.2, 0.25) is 0 Å². The van der Waals surface area contributed by atoms with Crippen LogP contribution < -0.4 is 15.4 Å². The summed E-state index contributed by atoms with van der Waals surface area (Å²) in [6.45, 7) is 4.46. The summed E-state index contributed by atoms with van der Waals surface area (Å²) in [6, 6.07) is 6.11. The van der Waals surface area contributed by atoms with Crippen LogP contribution in [0.25, 0.3) is 0 Å². The molecule has 0 saturated carbocycles. The molecule has 2 N–H and O–H groups in total. The van der Waals surface area contributed by atoms with Crippen LogP contribution in [0.1, 0.15) is 19.8 Å². The first kappa shape index (κ1) is 13.5. The second-order valence-electron chi connectivity index (χ2n) is 4.87. The van der Waals surface area contributed by atoms with Gasteiger partial charge in [0.25, 0.3) is 0 Å². The predicted octanol–water partition coefficient (Wildman–Crippen LogP) is 3.15. The van der Waals surface area contributed by atoms with E-state index in [1.54, 1.807) is 7.11 Å². The Labute approximate surface area is 114 Å². The van der Waals surface area contributed by atoms with Gasteiger partial charge in [-0.3, -0.25) is 0 Å². The summed E-state index contributed by atoms with van der Waals surface area (Å²) in [6.07, 6.45) is 2.44. The van der Waals surface area contributed by atoms with Crippen molar-refractivity contribution >= 4 is 17.3 Å². The quantitative estimate of drug-likeness (QED) is 0.880. The number of hydrogen-bond donors (Lipinski definition) is 2. The molecule has 1 aliphatic heterocycles. The molecule has 0 bridgehead atoms. The second-order valence-corrected chi connectivity index (χ2v) is 5.30. The summed E-state index contributed by atoms with van der Waals surface area (Å²) in [5.74, 6) is 1.55. The number of ether oxygens (including phenoxy) is 1. The summed E-state index contributed by atoms with van der Waals surface area (Å²) in [4.78, 5) is 0. The number of halogens is 1. The summed E-state index contributed by atoms with van der Waals surface area (Å²) >= 11 is 6.04. The number of hydrogen-bond acceptors (Lipinski definition) is 3. The normalized spacial score (nSPS) is 18.4. The van der Waals surface area contributed by atoms with Crippen LogP contribution in [-0.4, -0.2) is 26.2 Å². The highest BCUT2D eigenvalue weighted by molar-refractivity contribution is 6.30. The smallest absolute Gasteiger partial charge is 0.142 e. The maximum atomic E-state index is 6.04. The van der Waals surface area contributed by atoms with Crippen LogP contribution in [0.4, 0.5) is 5.69 Å². The fourth-order valence-electron chi connectivity index (χ4n) is 2.50. The topological polar surface area (TPSA) is 33.3 Å². The highest BCUT2D eigenvalue weighted by Gasteiger charge is 2.20. The Bertz CT molecular complexity index is 391. The van der Waals surface area contributed by atoms with Gasteiger partial charge in [0.15, 0.2) is 0 Å². The molecule has 1 atom stereocenters. The number of methoxy groups -OCH3 is 1. The van der Waals surface area contributed by atoms with Gasteiger partial charge in [-0.1, -0.05) is 11.6 Å². The molecule has 0 aliphatic carbocycles. The lowest BCUT2D eigenvalue weighted by atomic mass is 9.91. The second kappa shape index (κ2) is 6.30. The Morgan fingerprint density at radius 2 is 2.11 bits per heavy atom. The Kier molecular flexibility index (Phi) is 4.72. The zero-order valence-electron chi connectivity index (χ0n) is 11.0. The highest BCUT2D eigenvalue weighted by atomic mass is 35.5. The molecule has 0 aromatic heterocycles. The first-order valence-electron chi connectivity index (χ1n) is 6.51. The molecule has 1 heterocycles. The molecule has 2 rings (SSSR count). The number of nitrogens with one attached hydrogen (secondary N) is 2. The molecule has 1 fully saturated rings. The van der Waals surface area contributed by atoms with Gasteiger partial charge in [-0.05, 0) is 57.0 Å². The van der Waals surface area contributed by atoms with E-state index >= 15 is 0 Å². The van der Waals surface area contributed by atoms with Gasteiger partial charge in [-0.25, -0.2) is 0 Å². The van der Waals surface area contributed by atoms with E-state index in [-0.39, 0.29) is 0 Å². The van der Waals surface area contributed by atoms with Crippen molar-refractivity contribution in [3.63, 3.8) is 0 Å². The van der Waals surface area contributed by atoms with Crippen molar-refractivity contribution in [2.24, 2.45) is 5.92 Å². The Balaban J connectivity index is 2.05. The van der Waals surface area contributed by atoms with Crippen molar-refractivity contribution in [3.05, 3.63) is 23.2 Å². The van der Waals surface area contributed by atoms with Gasteiger partial charge in [0.1, 0.15) is 5.75 Å². The molecule has 3 nitrogen and oxygen atoms in total. The molecule has 18 heavy (non-hydrogen) atoms. The van der Waals surface area contributed by atoms with E-state index in [2.05, 4.69) is 17.6 Å². The zero-order valence-corrected chi connectivity index (χ0v) is 11.8. The monoisotopic (exact) mass is 268 g/mol. The SMILES string of the molecule is COc1ccc(Cl)cc1NC(C)C1CCNCC1. The fraction of sp³-hybridized carbons (Fsp3) is 0.571. The van der Waals surface area contributed by atoms with E-state index in [0.29, 0.717) is 12.0 Å². The fourth-order valence-corrected chi connectivity index (χ4v) is 2.67. The summed E-state index contributed by atoms with van der Waals surface area (Å²) < 4.78 is 5.36.